The average molecular weight is 344 g/mol. The number of nitrogens with one attached hydrogen (secondary N) is 1. The number of anilines is 1. The van der Waals surface area contributed by atoms with E-state index in [-0.39, 0.29) is 5.75 Å². The lowest BCUT2D eigenvalue weighted by atomic mass is 10.1. The fraction of sp³-hybridized carbons (Fsp3) is 0.0588. The van der Waals surface area contributed by atoms with Crippen molar-refractivity contribution in [2.24, 2.45) is 0 Å². The van der Waals surface area contributed by atoms with E-state index in [4.69, 9.17) is 4.42 Å². The zero-order chi connectivity index (χ0) is 14.8. The summed E-state index contributed by atoms with van der Waals surface area (Å²) in [5.41, 5.74) is 2.39. The van der Waals surface area contributed by atoms with Gasteiger partial charge in [0.05, 0.1) is 5.56 Å². The molecule has 0 unspecified atom stereocenters. The van der Waals surface area contributed by atoms with Crippen molar-refractivity contribution in [3.63, 3.8) is 0 Å². The van der Waals surface area contributed by atoms with Gasteiger partial charge in [-0.3, -0.25) is 0 Å². The Hall–Kier alpha value is -2.20. The van der Waals surface area contributed by atoms with Crippen molar-refractivity contribution in [3.05, 3.63) is 59.1 Å². The quantitative estimate of drug-likeness (QED) is 0.693. The van der Waals surface area contributed by atoms with Crippen LogP contribution in [-0.2, 0) is 0 Å². The number of hydrogen-bond donors (Lipinski definition) is 2. The van der Waals surface area contributed by atoms with Crippen LogP contribution < -0.4 is 5.32 Å². The third-order valence-corrected chi connectivity index (χ3v) is 3.75. The van der Waals surface area contributed by atoms with Gasteiger partial charge in [0.25, 0.3) is 0 Å². The Kier molecular flexibility index (Phi) is 3.71. The topological polar surface area (TPSA) is 45.4 Å². The number of aromatic hydroxyl groups is 1. The largest absolute Gasteiger partial charge is 0.504 e. The molecule has 0 spiro atoms. The van der Waals surface area contributed by atoms with Gasteiger partial charge in [0.15, 0.2) is 11.5 Å². The van der Waals surface area contributed by atoms with E-state index in [2.05, 4.69) is 21.2 Å². The van der Waals surface area contributed by atoms with Gasteiger partial charge in [0.2, 0.25) is 5.88 Å². The maximum Gasteiger partial charge on any atom is 0.205 e. The van der Waals surface area contributed by atoms with Crippen LogP contribution in [0.3, 0.4) is 0 Å². The molecular formula is C17H14BrNO2. The van der Waals surface area contributed by atoms with Crippen molar-refractivity contribution < 1.29 is 9.52 Å². The number of furan rings is 1. The summed E-state index contributed by atoms with van der Waals surface area (Å²) in [5.74, 6) is 1.16. The third kappa shape index (κ3) is 2.54. The molecule has 0 fully saturated rings. The van der Waals surface area contributed by atoms with E-state index in [1.54, 1.807) is 7.05 Å². The van der Waals surface area contributed by atoms with Gasteiger partial charge >= 0.3 is 0 Å². The van der Waals surface area contributed by atoms with Crippen LogP contribution in [0.5, 0.6) is 5.75 Å². The predicted molar refractivity (Wildman–Crippen MR) is 88.5 cm³/mol. The molecule has 0 aliphatic carbocycles. The van der Waals surface area contributed by atoms with Crippen LogP contribution in [-0.4, -0.2) is 12.2 Å². The average Bonchev–Trinajstić information content (AvgIpc) is 2.85. The maximum absolute atomic E-state index is 10.6. The summed E-state index contributed by atoms with van der Waals surface area (Å²) < 4.78 is 6.75. The fourth-order valence-corrected chi connectivity index (χ4v) is 2.69. The van der Waals surface area contributed by atoms with Gasteiger partial charge in [-0.2, -0.15) is 0 Å². The first-order valence-electron chi connectivity index (χ1n) is 6.55. The van der Waals surface area contributed by atoms with Gasteiger partial charge < -0.3 is 14.8 Å². The molecular weight excluding hydrogens is 330 g/mol. The van der Waals surface area contributed by atoms with Gasteiger partial charge in [-0.25, -0.2) is 0 Å². The van der Waals surface area contributed by atoms with E-state index >= 15 is 0 Å². The number of benzene rings is 2. The van der Waals surface area contributed by atoms with Crippen molar-refractivity contribution in [1.29, 1.82) is 0 Å². The summed E-state index contributed by atoms with van der Waals surface area (Å²) in [6.45, 7) is 0. The second kappa shape index (κ2) is 5.66. The summed E-state index contributed by atoms with van der Waals surface area (Å²) in [7, 11) is 1.77. The normalized spacial score (nSPS) is 10.6. The molecule has 0 amide bonds. The first-order chi connectivity index (χ1) is 10.2. The van der Waals surface area contributed by atoms with Crippen LogP contribution in [0.15, 0.2) is 63.5 Å². The summed E-state index contributed by atoms with van der Waals surface area (Å²) in [6, 6.07) is 17.3. The van der Waals surface area contributed by atoms with Crippen LogP contribution in [0.4, 0.5) is 5.88 Å². The van der Waals surface area contributed by atoms with Crippen LogP contribution in [0.25, 0.3) is 22.5 Å². The number of halogens is 1. The highest BCUT2D eigenvalue weighted by atomic mass is 79.9. The summed E-state index contributed by atoms with van der Waals surface area (Å²) in [6.07, 6.45) is 0. The Labute approximate surface area is 131 Å². The van der Waals surface area contributed by atoms with Gasteiger partial charge in [0.1, 0.15) is 0 Å². The van der Waals surface area contributed by atoms with Crippen molar-refractivity contribution in [1.82, 2.24) is 0 Å². The van der Waals surface area contributed by atoms with E-state index in [0.29, 0.717) is 17.2 Å². The molecule has 1 aromatic heterocycles. The monoisotopic (exact) mass is 343 g/mol. The lowest BCUT2D eigenvalue weighted by molar-refractivity contribution is 0.467. The Morgan fingerprint density at radius 3 is 2.38 bits per heavy atom. The van der Waals surface area contributed by atoms with Gasteiger partial charge in [-0.1, -0.05) is 58.4 Å². The second-order valence-electron chi connectivity index (χ2n) is 4.61. The van der Waals surface area contributed by atoms with E-state index in [9.17, 15) is 5.11 Å². The summed E-state index contributed by atoms with van der Waals surface area (Å²) >= 11 is 3.45. The van der Waals surface area contributed by atoms with Crippen LogP contribution in [0, 0.1) is 0 Å². The molecule has 0 aliphatic rings. The zero-order valence-corrected chi connectivity index (χ0v) is 13.0. The third-order valence-electron chi connectivity index (χ3n) is 3.26. The van der Waals surface area contributed by atoms with E-state index in [1.807, 2.05) is 54.6 Å². The van der Waals surface area contributed by atoms with E-state index in [0.717, 1.165) is 15.6 Å². The van der Waals surface area contributed by atoms with Crippen LogP contribution in [0.1, 0.15) is 0 Å². The molecule has 2 aromatic carbocycles. The summed E-state index contributed by atoms with van der Waals surface area (Å²) in [4.78, 5) is 0. The Morgan fingerprint density at radius 1 is 1.00 bits per heavy atom. The highest BCUT2D eigenvalue weighted by molar-refractivity contribution is 9.10. The first-order valence-corrected chi connectivity index (χ1v) is 7.35. The molecule has 0 bridgehead atoms. The highest BCUT2D eigenvalue weighted by Gasteiger charge is 2.21. The molecule has 21 heavy (non-hydrogen) atoms. The smallest absolute Gasteiger partial charge is 0.205 e. The van der Waals surface area contributed by atoms with Crippen molar-refractivity contribution in [2.45, 2.75) is 0 Å². The predicted octanol–water partition coefficient (Wildman–Crippen LogP) is 5.12. The van der Waals surface area contributed by atoms with E-state index < -0.39 is 0 Å². The number of rotatable bonds is 3. The Bertz CT molecular complexity index is 766. The maximum atomic E-state index is 10.6. The SMILES string of the molecule is CNc1oc(-c2ccccc2)c(O)c1-c1cccc(Br)c1. The molecule has 2 N–H and O–H groups in total. The van der Waals surface area contributed by atoms with Crippen molar-refractivity contribution >= 4 is 21.8 Å². The molecule has 0 aliphatic heterocycles. The molecule has 3 aromatic rings. The molecule has 0 atom stereocenters. The lowest BCUT2D eigenvalue weighted by Gasteiger charge is -2.03. The molecule has 0 saturated carbocycles. The molecule has 106 valence electrons. The molecule has 3 nitrogen and oxygen atoms in total. The zero-order valence-electron chi connectivity index (χ0n) is 11.4. The molecule has 0 saturated heterocycles. The van der Waals surface area contributed by atoms with Crippen molar-refractivity contribution in [2.75, 3.05) is 12.4 Å². The van der Waals surface area contributed by atoms with E-state index in [1.165, 1.54) is 0 Å². The molecule has 1 heterocycles. The minimum Gasteiger partial charge on any atom is -0.504 e. The van der Waals surface area contributed by atoms with Crippen LogP contribution in [0.2, 0.25) is 0 Å². The molecule has 3 rings (SSSR count). The standard InChI is InChI=1S/C17H14BrNO2/c1-19-17-14(12-8-5-9-13(18)10-12)15(20)16(21-17)11-6-3-2-4-7-11/h2-10,19-20H,1H3. The van der Waals surface area contributed by atoms with Gasteiger partial charge in [-0.05, 0) is 17.7 Å². The lowest BCUT2D eigenvalue weighted by Crippen LogP contribution is -1.87. The summed E-state index contributed by atoms with van der Waals surface area (Å²) in [5, 5.41) is 13.6. The van der Waals surface area contributed by atoms with Crippen molar-refractivity contribution in [3.8, 4) is 28.2 Å². The molecule has 0 radical (unpaired) electrons. The van der Waals surface area contributed by atoms with Crippen LogP contribution >= 0.6 is 15.9 Å². The highest BCUT2D eigenvalue weighted by Crippen LogP contribution is 2.46. The fourth-order valence-electron chi connectivity index (χ4n) is 2.30. The van der Waals surface area contributed by atoms with Gasteiger partial charge in [-0.15, -0.1) is 0 Å². The number of hydrogen-bond acceptors (Lipinski definition) is 3. The second-order valence-corrected chi connectivity index (χ2v) is 5.53. The first kappa shape index (κ1) is 13.8. The Morgan fingerprint density at radius 2 is 1.71 bits per heavy atom. The minimum absolute atomic E-state index is 0.142. The van der Waals surface area contributed by atoms with Gasteiger partial charge in [0, 0.05) is 17.1 Å². The Balaban J connectivity index is 2.20. The molecule has 4 heteroatoms. The minimum atomic E-state index is 0.142.